The first-order valence-corrected chi connectivity index (χ1v) is 7.32. The van der Waals surface area contributed by atoms with E-state index in [-0.39, 0.29) is 0 Å². The second kappa shape index (κ2) is 5.16. The average Bonchev–Trinajstić information content (AvgIpc) is 2.25. The maximum absolute atomic E-state index is 11.2. The minimum absolute atomic E-state index is 0.426. The van der Waals surface area contributed by atoms with Crippen molar-refractivity contribution in [2.75, 3.05) is 14.1 Å². The van der Waals surface area contributed by atoms with Gasteiger partial charge in [-0.3, -0.25) is 0 Å². The van der Waals surface area contributed by atoms with Crippen molar-refractivity contribution in [3.05, 3.63) is 18.3 Å². The summed E-state index contributed by atoms with van der Waals surface area (Å²) in [7, 11) is -5.84. The van der Waals surface area contributed by atoms with Crippen molar-refractivity contribution in [3.63, 3.8) is 0 Å². The summed E-state index contributed by atoms with van der Waals surface area (Å²) in [4.78, 5) is 7.91. The van der Waals surface area contributed by atoms with Crippen LogP contribution in [0.1, 0.15) is 0 Å². The Bertz CT molecular complexity index is 624. The van der Waals surface area contributed by atoms with Gasteiger partial charge in [0.1, 0.15) is 0 Å². The highest BCUT2D eigenvalue weighted by molar-refractivity contribution is 7.89. The summed E-state index contributed by atoms with van der Waals surface area (Å²) < 4.78 is 49.6. The number of nitrogens with two attached hydrogens (primary N) is 1. The third-order valence-electron chi connectivity index (χ3n) is 1.66. The molecule has 0 aromatic carbocycles. The second-order valence-electron chi connectivity index (χ2n) is 3.24. The van der Waals surface area contributed by atoms with Crippen molar-refractivity contribution < 1.29 is 26.1 Å². The highest BCUT2D eigenvalue weighted by atomic mass is 32.2. The van der Waals surface area contributed by atoms with E-state index >= 15 is 0 Å². The summed E-state index contributed by atoms with van der Waals surface area (Å²) in [5.41, 5.74) is 0. The lowest BCUT2D eigenvalue weighted by atomic mass is 10.5. The molecule has 2 N–H and O–H groups in total. The van der Waals surface area contributed by atoms with Gasteiger partial charge >= 0.3 is 10.3 Å². The second-order valence-corrected chi connectivity index (χ2v) is 6.44. The van der Waals surface area contributed by atoms with Crippen molar-refractivity contribution in [1.29, 1.82) is 0 Å². The molecular formula is C7H11N3O6S2. The van der Waals surface area contributed by atoms with Crippen LogP contribution in [0.5, 0.6) is 5.75 Å². The molecule has 0 aliphatic heterocycles. The van der Waals surface area contributed by atoms with Crippen LogP contribution >= 0.6 is 0 Å². The first-order chi connectivity index (χ1) is 8.14. The first kappa shape index (κ1) is 14.8. The van der Waals surface area contributed by atoms with Gasteiger partial charge in [-0.2, -0.15) is 12.7 Å². The topological polar surface area (TPSA) is 129 Å². The summed E-state index contributed by atoms with van der Waals surface area (Å²) in [6.07, 6.45) is 1.16. The smallest absolute Gasteiger partial charge is 0.317 e. The summed E-state index contributed by atoms with van der Waals surface area (Å²) in [6.45, 7) is 0. The molecule has 0 saturated carbocycles. The van der Waals surface area contributed by atoms with Crippen molar-refractivity contribution in [3.8, 4) is 5.75 Å². The van der Waals surface area contributed by atoms with Crippen LogP contribution in [0.3, 0.4) is 0 Å². The maximum atomic E-state index is 11.2. The Morgan fingerprint density at radius 3 is 2.39 bits per heavy atom. The number of hydrogen-bond acceptors (Lipinski definition) is 7. The van der Waals surface area contributed by atoms with E-state index in [9.17, 15) is 16.8 Å². The number of nitrogens with zero attached hydrogens (tertiary/aromatic N) is 2. The van der Waals surface area contributed by atoms with Gasteiger partial charge in [0.15, 0.2) is 0 Å². The van der Waals surface area contributed by atoms with Crippen LogP contribution in [0.2, 0.25) is 0 Å². The molecule has 11 heteroatoms. The largest absolute Gasteiger partial charge is 0.373 e. The zero-order valence-corrected chi connectivity index (χ0v) is 11.1. The first-order valence-electron chi connectivity index (χ1n) is 4.41. The van der Waals surface area contributed by atoms with E-state index in [1.807, 2.05) is 0 Å². The number of hydrogen-bond donors (Lipinski definition) is 1. The van der Waals surface area contributed by atoms with Crippen LogP contribution in [-0.2, 0) is 24.7 Å². The fourth-order valence-electron chi connectivity index (χ4n) is 0.794. The van der Waals surface area contributed by atoms with Gasteiger partial charge in [-0.15, -0.1) is 0 Å². The van der Waals surface area contributed by atoms with E-state index in [1.54, 1.807) is 0 Å². The number of primary sulfonamides is 1. The molecule has 0 atom stereocenters. The SMILES string of the molecule is CN(C)S(=O)(=O)OOc1cccnc1S(N)(=O)=O. The van der Waals surface area contributed by atoms with Gasteiger partial charge in [-0.1, -0.05) is 0 Å². The van der Waals surface area contributed by atoms with E-state index in [0.717, 1.165) is 16.6 Å². The standard InChI is InChI=1S/C7H11N3O6S2/c1-10(2)18(13,14)16-15-6-4-3-5-9-7(6)17(8,11)12/h3-5H,1-2H3,(H2,8,11,12). The fourth-order valence-corrected chi connectivity index (χ4v) is 1.66. The molecule has 0 spiro atoms. The molecule has 0 unspecified atom stereocenters. The molecule has 0 saturated heterocycles. The van der Waals surface area contributed by atoms with Crippen LogP contribution in [0.15, 0.2) is 23.4 Å². The van der Waals surface area contributed by atoms with Crippen LogP contribution < -0.4 is 10.0 Å². The van der Waals surface area contributed by atoms with Crippen molar-refractivity contribution in [1.82, 2.24) is 9.29 Å². The highest BCUT2D eigenvalue weighted by Crippen LogP contribution is 2.20. The lowest BCUT2D eigenvalue weighted by Gasteiger charge is -2.11. The summed E-state index contributed by atoms with van der Waals surface area (Å²) in [5.74, 6) is -0.426. The quantitative estimate of drug-likeness (QED) is 0.536. The molecule has 0 bridgehead atoms. The monoisotopic (exact) mass is 297 g/mol. The summed E-state index contributed by atoms with van der Waals surface area (Å²) in [5, 5.41) is 4.25. The lowest BCUT2D eigenvalue weighted by Crippen LogP contribution is -2.26. The van der Waals surface area contributed by atoms with Gasteiger partial charge in [0, 0.05) is 20.3 Å². The van der Waals surface area contributed by atoms with Crippen LogP contribution in [0.25, 0.3) is 0 Å². The molecule has 102 valence electrons. The third-order valence-corrected chi connectivity index (χ3v) is 3.64. The zero-order valence-electron chi connectivity index (χ0n) is 9.47. The van der Waals surface area contributed by atoms with E-state index in [4.69, 9.17) is 5.14 Å². The molecular weight excluding hydrogens is 286 g/mol. The van der Waals surface area contributed by atoms with Crippen molar-refractivity contribution in [2.45, 2.75) is 5.03 Å². The van der Waals surface area contributed by atoms with Gasteiger partial charge < -0.3 is 4.89 Å². The van der Waals surface area contributed by atoms with E-state index in [2.05, 4.69) is 14.2 Å². The Hall–Kier alpha value is -1.27. The molecule has 1 aromatic rings. The Kier molecular flexibility index (Phi) is 4.24. The molecule has 1 rings (SSSR count). The van der Waals surface area contributed by atoms with Gasteiger partial charge in [-0.05, 0) is 16.5 Å². The molecule has 0 aliphatic rings. The summed E-state index contributed by atoms with van der Waals surface area (Å²) >= 11 is 0. The number of pyridine rings is 1. The molecule has 0 aliphatic carbocycles. The molecule has 18 heavy (non-hydrogen) atoms. The van der Waals surface area contributed by atoms with Crippen LogP contribution in [0, 0.1) is 0 Å². The molecule has 0 amide bonds. The lowest BCUT2D eigenvalue weighted by molar-refractivity contribution is -0.101. The van der Waals surface area contributed by atoms with E-state index in [1.165, 1.54) is 20.2 Å². The normalized spacial score (nSPS) is 12.7. The van der Waals surface area contributed by atoms with Gasteiger partial charge in [0.2, 0.25) is 10.8 Å². The van der Waals surface area contributed by atoms with Crippen LogP contribution in [-0.4, -0.2) is 40.2 Å². The van der Waals surface area contributed by atoms with E-state index < -0.39 is 31.1 Å². The van der Waals surface area contributed by atoms with Gasteiger partial charge in [0.05, 0.1) is 0 Å². The minimum atomic E-state index is -4.15. The molecule has 0 fully saturated rings. The predicted molar refractivity (Wildman–Crippen MR) is 59.9 cm³/mol. The predicted octanol–water partition coefficient (Wildman–Crippen LogP) is -1.15. The Morgan fingerprint density at radius 2 is 1.89 bits per heavy atom. The molecule has 9 nitrogen and oxygen atoms in total. The number of rotatable bonds is 5. The number of aromatic nitrogens is 1. The van der Waals surface area contributed by atoms with Crippen LogP contribution in [0.4, 0.5) is 0 Å². The Morgan fingerprint density at radius 1 is 1.28 bits per heavy atom. The number of sulfonamides is 1. The Balaban J connectivity index is 3.01. The van der Waals surface area contributed by atoms with E-state index in [0.29, 0.717) is 0 Å². The van der Waals surface area contributed by atoms with Gasteiger partial charge in [0.25, 0.3) is 10.0 Å². The third kappa shape index (κ3) is 3.61. The average molecular weight is 297 g/mol. The zero-order chi connectivity index (χ0) is 14.0. The molecule has 1 aromatic heterocycles. The van der Waals surface area contributed by atoms with Crippen molar-refractivity contribution in [2.24, 2.45) is 5.14 Å². The van der Waals surface area contributed by atoms with Crippen molar-refractivity contribution >= 4 is 20.3 Å². The molecule has 1 heterocycles. The summed E-state index contributed by atoms with van der Waals surface area (Å²) in [6, 6.07) is 2.48. The maximum Gasteiger partial charge on any atom is 0.373 e. The Labute approximate surface area is 104 Å². The van der Waals surface area contributed by atoms with Gasteiger partial charge in [-0.25, -0.2) is 18.5 Å². The fraction of sp³-hybridized carbons (Fsp3) is 0.286. The highest BCUT2D eigenvalue weighted by Gasteiger charge is 2.21. The minimum Gasteiger partial charge on any atom is -0.317 e. The molecule has 0 radical (unpaired) electrons.